The lowest BCUT2D eigenvalue weighted by Crippen LogP contribution is -2.36. The first-order valence-corrected chi connectivity index (χ1v) is 7.43. The number of hydrogen-bond donors (Lipinski definition) is 0. The number of para-hydroxylation sites is 1. The molecule has 0 N–H and O–H groups in total. The van der Waals surface area contributed by atoms with Crippen LogP contribution in [0.4, 0.5) is 4.39 Å². The maximum atomic E-state index is 13.3. The zero-order valence-electron chi connectivity index (χ0n) is 12.2. The lowest BCUT2D eigenvalue weighted by molar-refractivity contribution is 0.0681. The summed E-state index contributed by atoms with van der Waals surface area (Å²) in [5.41, 5.74) is 0. The molecule has 0 saturated carbocycles. The van der Waals surface area contributed by atoms with Crippen molar-refractivity contribution in [2.75, 3.05) is 39.5 Å². The molecule has 3 nitrogen and oxygen atoms in total. The van der Waals surface area contributed by atoms with Gasteiger partial charge in [-0.25, -0.2) is 4.39 Å². The van der Waals surface area contributed by atoms with E-state index in [2.05, 4.69) is 11.8 Å². The zero-order valence-corrected chi connectivity index (χ0v) is 12.2. The monoisotopic (exact) mass is 281 g/mol. The summed E-state index contributed by atoms with van der Waals surface area (Å²) in [5, 5.41) is 0. The van der Waals surface area contributed by atoms with E-state index in [1.165, 1.54) is 32.0 Å². The molecule has 0 unspecified atom stereocenters. The highest BCUT2D eigenvalue weighted by Crippen LogP contribution is 2.15. The average Bonchev–Trinajstić information content (AvgIpc) is 2.44. The fourth-order valence-electron chi connectivity index (χ4n) is 2.56. The Morgan fingerprint density at radius 1 is 1.25 bits per heavy atom. The molecule has 20 heavy (non-hydrogen) atoms. The number of ether oxygens (including phenoxy) is 2. The van der Waals surface area contributed by atoms with Crippen LogP contribution in [-0.4, -0.2) is 44.4 Å². The van der Waals surface area contributed by atoms with Crippen molar-refractivity contribution in [1.82, 2.24) is 4.90 Å². The third-order valence-electron chi connectivity index (χ3n) is 3.61. The minimum atomic E-state index is -0.324. The summed E-state index contributed by atoms with van der Waals surface area (Å²) in [6, 6.07) is 6.44. The van der Waals surface area contributed by atoms with Crippen LogP contribution in [0.5, 0.6) is 5.75 Å². The number of halogens is 1. The van der Waals surface area contributed by atoms with Gasteiger partial charge in [-0.2, -0.15) is 0 Å². The molecule has 1 atom stereocenters. The first-order chi connectivity index (χ1) is 9.75. The molecule has 0 aromatic heterocycles. The Morgan fingerprint density at radius 3 is 2.90 bits per heavy atom. The van der Waals surface area contributed by atoms with Crippen LogP contribution in [0.3, 0.4) is 0 Å². The van der Waals surface area contributed by atoms with Gasteiger partial charge in [-0.15, -0.1) is 0 Å². The Morgan fingerprint density at radius 2 is 2.10 bits per heavy atom. The standard InChI is InChI=1S/C16H24FNO2/c1-14-5-4-8-18(13-14)9-10-19-11-12-20-16-7-3-2-6-15(16)17/h2-3,6-7,14H,4-5,8-13H2,1H3/t14-/m0/s1. The molecule has 1 saturated heterocycles. The van der Waals surface area contributed by atoms with Crippen LogP contribution >= 0.6 is 0 Å². The van der Waals surface area contributed by atoms with Gasteiger partial charge in [-0.05, 0) is 37.4 Å². The highest BCUT2D eigenvalue weighted by molar-refractivity contribution is 5.23. The molecule has 2 rings (SSSR count). The number of benzene rings is 1. The normalized spacial score (nSPS) is 20.0. The van der Waals surface area contributed by atoms with E-state index in [9.17, 15) is 4.39 Å². The molecule has 4 heteroatoms. The first kappa shape index (κ1) is 15.3. The van der Waals surface area contributed by atoms with Crippen molar-refractivity contribution in [3.63, 3.8) is 0 Å². The quantitative estimate of drug-likeness (QED) is 0.717. The Labute approximate surface area is 120 Å². The Balaban J connectivity index is 1.53. The fraction of sp³-hybridized carbons (Fsp3) is 0.625. The highest BCUT2D eigenvalue weighted by atomic mass is 19.1. The third kappa shape index (κ3) is 5.10. The molecule has 0 radical (unpaired) electrons. The fourth-order valence-corrected chi connectivity index (χ4v) is 2.56. The Hall–Kier alpha value is -1.13. The Bertz CT molecular complexity index is 400. The van der Waals surface area contributed by atoms with Crippen molar-refractivity contribution in [3.05, 3.63) is 30.1 Å². The maximum Gasteiger partial charge on any atom is 0.165 e. The van der Waals surface area contributed by atoms with Crippen molar-refractivity contribution < 1.29 is 13.9 Å². The predicted octanol–water partition coefficient (Wildman–Crippen LogP) is 2.95. The van der Waals surface area contributed by atoms with Crippen LogP contribution in [-0.2, 0) is 4.74 Å². The van der Waals surface area contributed by atoms with E-state index >= 15 is 0 Å². The van der Waals surface area contributed by atoms with Gasteiger partial charge in [0.05, 0.1) is 13.2 Å². The number of piperidine rings is 1. The van der Waals surface area contributed by atoms with Gasteiger partial charge < -0.3 is 14.4 Å². The van der Waals surface area contributed by atoms with E-state index < -0.39 is 0 Å². The second kappa shape index (κ2) is 8.22. The molecule has 0 amide bonds. The van der Waals surface area contributed by atoms with Gasteiger partial charge in [0.25, 0.3) is 0 Å². The molecular weight excluding hydrogens is 257 g/mol. The predicted molar refractivity (Wildman–Crippen MR) is 77.6 cm³/mol. The van der Waals surface area contributed by atoms with E-state index in [1.54, 1.807) is 18.2 Å². The lowest BCUT2D eigenvalue weighted by Gasteiger charge is -2.30. The van der Waals surface area contributed by atoms with Crippen molar-refractivity contribution in [1.29, 1.82) is 0 Å². The van der Waals surface area contributed by atoms with Crippen LogP contribution in [0.15, 0.2) is 24.3 Å². The maximum absolute atomic E-state index is 13.3. The molecule has 0 aliphatic carbocycles. The average molecular weight is 281 g/mol. The van der Waals surface area contributed by atoms with E-state index in [1.807, 2.05) is 0 Å². The van der Waals surface area contributed by atoms with Crippen LogP contribution in [0.1, 0.15) is 19.8 Å². The SMILES string of the molecule is C[C@H]1CCCN(CCOCCOc2ccccc2F)C1. The summed E-state index contributed by atoms with van der Waals surface area (Å²) in [4.78, 5) is 2.45. The van der Waals surface area contributed by atoms with Gasteiger partial charge in [0.2, 0.25) is 0 Å². The largest absolute Gasteiger partial charge is 0.488 e. The van der Waals surface area contributed by atoms with E-state index in [0.29, 0.717) is 25.6 Å². The van der Waals surface area contributed by atoms with Gasteiger partial charge in [0.15, 0.2) is 11.6 Å². The van der Waals surface area contributed by atoms with Crippen molar-refractivity contribution >= 4 is 0 Å². The molecular formula is C16H24FNO2. The van der Waals surface area contributed by atoms with Gasteiger partial charge in [0.1, 0.15) is 6.61 Å². The van der Waals surface area contributed by atoms with Crippen molar-refractivity contribution in [2.45, 2.75) is 19.8 Å². The van der Waals surface area contributed by atoms with E-state index in [-0.39, 0.29) is 5.82 Å². The molecule has 1 aromatic rings. The molecule has 1 aliphatic rings. The lowest BCUT2D eigenvalue weighted by atomic mass is 10.0. The number of hydrogen-bond acceptors (Lipinski definition) is 3. The molecule has 1 aliphatic heterocycles. The van der Waals surface area contributed by atoms with E-state index in [0.717, 1.165) is 12.5 Å². The van der Waals surface area contributed by atoms with Crippen LogP contribution in [0.25, 0.3) is 0 Å². The van der Waals surface area contributed by atoms with Gasteiger partial charge in [0, 0.05) is 13.1 Å². The second-order valence-electron chi connectivity index (χ2n) is 5.44. The summed E-state index contributed by atoms with van der Waals surface area (Å²) in [6.45, 7) is 7.23. The molecule has 1 fully saturated rings. The molecule has 1 aromatic carbocycles. The molecule has 0 bridgehead atoms. The third-order valence-corrected chi connectivity index (χ3v) is 3.61. The van der Waals surface area contributed by atoms with Gasteiger partial charge in [-0.3, -0.25) is 0 Å². The van der Waals surface area contributed by atoms with Gasteiger partial charge in [-0.1, -0.05) is 19.1 Å². The number of nitrogens with zero attached hydrogens (tertiary/aromatic N) is 1. The van der Waals surface area contributed by atoms with E-state index in [4.69, 9.17) is 9.47 Å². The van der Waals surface area contributed by atoms with Crippen LogP contribution < -0.4 is 4.74 Å². The minimum absolute atomic E-state index is 0.293. The van der Waals surface area contributed by atoms with Gasteiger partial charge >= 0.3 is 0 Å². The highest BCUT2D eigenvalue weighted by Gasteiger charge is 2.15. The summed E-state index contributed by atoms with van der Waals surface area (Å²) in [5.74, 6) is 0.767. The number of rotatable bonds is 7. The zero-order chi connectivity index (χ0) is 14.2. The minimum Gasteiger partial charge on any atom is -0.488 e. The van der Waals surface area contributed by atoms with Crippen molar-refractivity contribution in [2.24, 2.45) is 5.92 Å². The summed E-state index contributed by atoms with van der Waals surface area (Å²) < 4.78 is 24.1. The Kier molecular flexibility index (Phi) is 6.27. The van der Waals surface area contributed by atoms with Crippen LogP contribution in [0, 0.1) is 11.7 Å². The molecule has 112 valence electrons. The van der Waals surface area contributed by atoms with Crippen molar-refractivity contribution in [3.8, 4) is 5.75 Å². The summed E-state index contributed by atoms with van der Waals surface area (Å²) >= 11 is 0. The molecule has 1 heterocycles. The molecule has 0 spiro atoms. The smallest absolute Gasteiger partial charge is 0.165 e. The first-order valence-electron chi connectivity index (χ1n) is 7.43. The topological polar surface area (TPSA) is 21.7 Å². The summed E-state index contributed by atoms with van der Waals surface area (Å²) in [7, 11) is 0. The second-order valence-corrected chi connectivity index (χ2v) is 5.44. The van der Waals surface area contributed by atoms with Crippen LogP contribution in [0.2, 0.25) is 0 Å². The summed E-state index contributed by atoms with van der Waals surface area (Å²) in [6.07, 6.45) is 2.63. The number of likely N-dealkylation sites (tertiary alicyclic amines) is 1.